The summed E-state index contributed by atoms with van der Waals surface area (Å²) >= 11 is 2.18. The molecular formula is C21H19IN2O3S. The fourth-order valence-electron chi connectivity index (χ4n) is 2.66. The van der Waals surface area contributed by atoms with Crippen LogP contribution in [0.4, 0.5) is 5.69 Å². The second kappa shape index (κ2) is 9.31. The molecule has 5 nitrogen and oxygen atoms in total. The minimum Gasteiger partial charge on any atom is -0.325 e. The van der Waals surface area contributed by atoms with Gasteiger partial charge in [0, 0.05) is 9.26 Å². The predicted octanol–water partition coefficient (Wildman–Crippen LogP) is 3.82. The van der Waals surface area contributed by atoms with Crippen molar-refractivity contribution < 1.29 is 13.2 Å². The van der Waals surface area contributed by atoms with E-state index in [1.54, 1.807) is 30.3 Å². The van der Waals surface area contributed by atoms with Crippen LogP contribution in [-0.4, -0.2) is 20.4 Å². The molecule has 1 atom stereocenters. The molecular weight excluding hydrogens is 487 g/mol. The van der Waals surface area contributed by atoms with Gasteiger partial charge in [-0.3, -0.25) is 4.79 Å². The van der Waals surface area contributed by atoms with E-state index in [9.17, 15) is 13.2 Å². The maximum atomic E-state index is 12.9. The number of carbonyl (C=O) groups excluding carboxylic acids is 1. The van der Waals surface area contributed by atoms with Crippen molar-refractivity contribution >= 4 is 44.2 Å². The molecule has 3 aromatic carbocycles. The molecule has 0 spiro atoms. The number of halogens is 1. The van der Waals surface area contributed by atoms with Crippen molar-refractivity contribution in [2.45, 2.75) is 17.4 Å². The topological polar surface area (TPSA) is 75.3 Å². The third-order valence-electron chi connectivity index (χ3n) is 4.06. The van der Waals surface area contributed by atoms with E-state index in [2.05, 4.69) is 32.6 Å². The molecule has 0 fully saturated rings. The molecule has 0 radical (unpaired) electrons. The lowest BCUT2D eigenvalue weighted by Gasteiger charge is -2.19. The van der Waals surface area contributed by atoms with Gasteiger partial charge in [0.15, 0.2) is 0 Å². The van der Waals surface area contributed by atoms with E-state index in [4.69, 9.17) is 0 Å². The summed E-state index contributed by atoms with van der Waals surface area (Å²) in [7, 11) is -3.84. The Hall–Kier alpha value is -2.23. The number of nitrogens with one attached hydrogen (secondary N) is 2. The Morgan fingerprint density at radius 2 is 1.43 bits per heavy atom. The second-order valence-corrected chi connectivity index (χ2v) is 9.13. The summed E-state index contributed by atoms with van der Waals surface area (Å²) in [5.74, 6) is -0.412. The van der Waals surface area contributed by atoms with Gasteiger partial charge in [-0.25, -0.2) is 8.42 Å². The molecule has 0 aliphatic rings. The van der Waals surface area contributed by atoms with Gasteiger partial charge in [-0.05, 0) is 71.0 Å². The van der Waals surface area contributed by atoms with Crippen LogP contribution in [-0.2, 0) is 21.2 Å². The number of benzene rings is 3. The van der Waals surface area contributed by atoms with Crippen LogP contribution in [0.25, 0.3) is 0 Å². The summed E-state index contributed by atoms with van der Waals surface area (Å²) < 4.78 is 29.1. The molecule has 0 saturated heterocycles. The Bertz CT molecular complexity index is 1020. The van der Waals surface area contributed by atoms with Gasteiger partial charge in [-0.1, -0.05) is 48.5 Å². The molecule has 3 rings (SSSR count). The summed E-state index contributed by atoms with van der Waals surface area (Å²) in [6.07, 6.45) is 0.239. The van der Waals surface area contributed by atoms with Crippen LogP contribution in [0.1, 0.15) is 5.56 Å². The molecule has 0 bridgehead atoms. The molecule has 144 valence electrons. The van der Waals surface area contributed by atoms with Crippen LogP contribution in [0.15, 0.2) is 89.8 Å². The summed E-state index contributed by atoms with van der Waals surface area (Å²) in [4.78, 5) is 13.0. The van der Waals surface area contributed by atoms with Crippen LogP contribution < -0.4 is 10.0 Å². The van der Waals surface area contributed by atoms with Crippen molar-refractivity contribution in [2.24, 2.45) is 0 Å². The maximum absolute atomic E-state index is 12.9. The highest BCUT2D eigenvalue weighted by Gasteiger charge is 2.26. The van der Waals surface area contributed by atoms with Gasteiger partial charge >= 0.3 is 0 Å². The quantitative estimate of drug-likeness (QED) is 0.479. The minimum absolute atomic E-state index is 0.120. The first-order valence-electron chi connectivity index (χ1n) is 8.62. The fraction of sp³-hybridized carbons (Fsp3) is 0.0952. The van der Waals surface area contributed by atoms with Crippen LogP contribution in [0.3, 0.4) is 0 Å². The molecule has 1 amide bonds. The molecule has 0 unspecified atom stereocenters. The third kappa shape index (κ3) is 5.63. The van der Waals surface area contributed by atoms with Gasteiger partial charge in [0.1, 0.15) is 6.04 Å². The van der Waals surface area contributed by atoms with Gasteiger partial charge in [-0.2, -0.15) is 4.72 Å². The number of hydrogen-bond acceptors (Lipinski definition) is 3. The average Bonchev–Trinajstić information content (AvgIpc) is 2.70. The number of rotatable bonds is 7. The Balaban J connectivity index is 1.84. The summed E-state index contributed by atoms with van der Waals surface area (Å²) in [5, 5.41) is 2.79. The lowest BCUT2D eigenvalue weighted by molar-refractivity contribution is -0.117. The van der Waals surface area contributed by atoms with Crippen molar-refractivity contribution in [3.8, 4) is 0 Å². The SMILES string of the molecule is O=C(Nc1ccc(I)cc1)[C@@H](Cc1ccccc1)NS(=O)(=O)c1ccccc1. The van der Waals surface area contributed by atoms with Gasteiger partial charge in [-0.15, -0.1) is 0 Å². The van der Waals surface area contributed by atoms with Crippen LogP contribution in [0, 0.1) is 3.57 Å². The number of amides is 1. The average molecular weight is 506 g/mol. The van der Waals surface area contributed by atoms with Crippen molar-refractivity contribution in [1.29, 1.82) is 0 Å². The van der Waals surface area contributed by atoms with Crippen molar-refractivity contribution in [1.82, 2.24) is 4.72 Å². The van der Waals surface area contributed by atoms with Gasteiger partial charge < -0.3 is 5.32 Å². The third-order valence-corrected chi connectivity index (χ3v) is 6.27. The monoisotopic (exact) mass is 506 g/mol. The van der Waals surface area contributed by atoms with E-state index < -0.39 is 22.0 Å². The van der Waals surface area contributed by atoms with Crippen LogP contribution >= 0.6 is 22.6 Å². The summed E-state index contributed by atoms with van der Waals surface area (Å²) in [6, 6.07) is 23.7. The molecule has 2 N–H and O–H groups in total. The highest BCUT2D eigenvalue weighted by Crippen LogP contribution is 2.14. The number of hydrogen-bond donors (Lipinski definition) is 2. The maximum Gasteiger partial charge on any atom is 0.242 e. The number of anilines is 1. The summed E-state index contributed by atoms with van der Waals surface area (Å²) in [5.41, 5.74) is 1.48. The van der Waals surface area contributed by atoms with E-state index in [0.29, 0.717) is 5.69 Å². The first-order chi connectivity index (χ1) is 13.4. The Morgan fingerprint density at radius 3 is 2.04 bits per heavy atom. The van der Waals surface area contributed by atoms with Gasteiger partial charge in [0.05, 0.1) is 4.90 Å². The van der Waals surface area contributed by atoms with Crippen LogP contribution in [0.2, 0.25) is 0 Å². The van der Waals surface area contributed by atoms with E-state index in [-0.39, 0.29) is 11.3 Å². The van der Waals surface area contributed by atoms with E-state index >= 15 is 0 Å². The minimum atomic E-state index is -3.84. The lowest BCUT2D eigenvalue weighted by atomic mass is 10.1. The first-order valence-corrected chi connectivity index (χ1v) is 11.2. The zero-order chi connectivity index (χ0) is 20.0. The van der Waals surface area contributed by atoms with Crippen LogP contribution in [0.5, 0.6) is 0 Å². The second-order valence-electron chi connectivity index (χ2n) is 6.17. The van der Waals surface area contributed by atoms with Crippen molar-refractivity contribution in [3.05, 3.63) is 94.1 Å². The standard InChI is InChI=1S/C21H19IN2O3S/c22-17-11-13-18(14-12-17)23-21(25)20(15-16-7-3-1-4-8-16)24-28(26,27)19-9-5-2-6-10-19/h1-14,20,24H,15H2,(H,23,25)/t20-/m1/s1. The molecule has 0 aromatic heterocycles. The number of sulfonamides is 1. The predicted molar refractivity (Wildman–Crippen MR) is 118 cm³/mol. The first kappa shape index (κ1) is 20.5. The van der Waals surface area contributed by atoms with Gasteiger partial charge in [0.25, 0.3) is 0 Å². The molecule has 0 heterocycles. The molecule has 0 saturated carbocycles. The lowest BCUT2D eigenvalue weighted by Crippen LogP contribution is -2.45. The largest absolute Gasteiger partial charge is 0.325 e. The van der Waals surface area contributed by atoms with Crippen molar-refractivity contribution in [3.63, 3.8) is 0 Å². The van der Waals surface area contributed by atoms with E-state index in [1.807, 2.05) is 42.5 Å². The molecule has 0 aliphatic carbocycles. The molecule has 3 aromatic rings. The fourth-order valence-corrected chi connectivity index (χ4v) is 4.23. The molecule has 7 heteroatoms. The smallest absolute Gasteiger partial charge is 0.242 e. The Morgan fingerprint density at radius 1 is 0.857 bits per heavy atom. The van der Waals surface area contributed by atoms with E-state index in [1.165, 1.54) is 12.1 Å². The normalized spacial score (nSPS) is 12.3. The van der Waals surface area contributed by atoms with E-state index in [0.717, 1.165) is 9.13 Å². The summed E-state index contributed by atoms with van der Waals surface area (Å²) in [6.45, 7) is 0. The highest BCUT2D eigenvalue weighted by atomic mass is 127. The zero-order valence-corrected chi connectivity index (χ0v) is 17.9. The Labute approximate surface area is 178 Å². The highest BCUT2D eigenvalue weighted by molar-refractivity contribution is 14.1. The zero-order valence-electron chi connectivity index (χ0n) is 14.9. The molecule has 28 heavy (non-hydrogen) atoms. The Kier molecular flexibility index (Phi) is 6.82. The van der Waals surface area contributed by atoms with Gasteiger partial charge in [0.2, 0.25) is 15.9 Å². The molecule has 0 aliphatic heterocycles. The van der Waals surface area contributed by atoms with Crippen molar-refractivity contribution in [2.75, 3.05) is 5.32 Å². The number of carbonyl (C=O) groups is 1.